The number of benzene rings is 5. The Morgan fingerprint density at radius 3 is 1.97 bits per heavy atom. The second-order valence-electron chi connectivity index (χ2n) is 10.0. The molecule has 9 aromatic rings. The molecule has 4 aromatic heterocycles. The van der Waals surface area contributed by atoms with Crippen LogP contribution in [0.1, 0.15) is 0 Å². The Bertz CT molecular complexity index is 2390. The van der Waals surface area contributed by atoms with Gasteiger partial charge in [-0.2, -0.15) is 4.98 Å². The molecular weight excluding hydrogens is 478 g/mol. The molecule has 0 amide bonds. The van der Waals surface area contributed by atoms with Gasteiger partial charge in [-0.25, -0.2) is 0 Å². The van der Waals surface area contributed by atoms with E-state index in [-0.39, 0.29) is 0 Å². The molecule has 0 aliphatic rings. The normalized spacial score (nSPS) is 12.1. The molecule has 0 radical (unpaired) electrons. The number of pyridine rings is 1. The number of fused-ring (bicyclic) bond motifs is 10. The summed E-state index contributed by atoms with van der Waals surface area (Å²) in [7, 11) is 0. The average Bonchev–Trinajstić information content (AvgIpc) is 3.64. The van der Waals surface area contributed by atoms with Gasteiger partial charge in [-0.1, -0.05) is 78.9 Å². The highest BCUT2D eigenvalue weighted by atomic mass is 16.3. The maximum Gasteiger partial charge on any atom is 0.229 e. The zero-order valence-electron chi connectivity index (χ0n) is 20.9. The Labute approximate surface area is 222 Å². The maximum atomic E-state index is 6.17. The van der Waals surface area contributed by atoms with Crippen molar-refractivity contribution in [1.82, 2.24) is 14.1 Å². The standard InChI is InChI=1S/C35H21N3O/c1-2-10-22(11-3-1)37-28-15-7-4-12-23(28)25-18-20-30-33(34(25)37)27-14-5-8-16-29(27)38(30)32-21-19-26-24-13-6-9-17-31(24)39-35(26)36-32/h1-21H. The topological polar surface area (TPSA) is 35.9 Å². The summed E-state index contributed by atoms with van der Waals surface area (Å²) in [4.78, 5) is 5.05. The van der Waals surface area contributed by atoms with Gasteiger partial charge in [0.15, 0.2) is 0 Å². The van der Waals surface area contributed by atoms with Crippen LogP contribution in [-0.4, -0.2) is 14.1 Å². The summed E-state index contributed by atoms with van der Waals surface area (Å²) < 4.78 is 10.8. The van der Waals surface area contributed by atoms with Crippen LogP contribution in [0.3, 0.4) is 0 Å². The maximum absolute atomic E-state index is 6.17. The Morgan fingerprint density at radius 1 is 0.462 bits per heavy atom. The van der Waals surface area contributed by atoms with Crippen LogP contribution in [0, 0.1) is 0 Å². The molecule has 0 aliphatic heterocycles. The third kappa shape index (κ3) is 2.75. The summed E-state index contributed by atoms with van der Waals surface area (Å²) in [6.07, 6.45) is 0. The van der Waals surface area contributed by atoms with Crippen molar-refractivity contribution in [2.75, 3.05) is 0 Å². The van der Waals surface area contributed by atoms with E-state index in [4.69, 9.17) is 9.40 Å². The highest BCUT2D eigenvalue weighted by Gasteiger charge is 2.21. The van der Waals surface area contributed by atoms with Crippen molar-refractivity contribution in [2.45, 2.75) is 0 Å². The largest absolute Gasteiger partial charge is 0.438 e. The number of hydrogen-bond donors (Lipinski definition) is 0. The van der Waals surface area contributed by atoms with Crippen LogP contribution in [0.2, 0.25) is 0 Å². The highest BCUT2D eigenvalue weighted by Crippen LogP contribution is 2.42. The SMILES string of the molecule is c1ccc(-n2c3ccccc3c3ccc4c(c5ccccc5n4-c4ccc5c(n4)oc4ccccc45)c32)cc1. The average molecular weight is 500 g/mol. The first-order chi connectivity index (χ1) is 19.4. The van der Waals surface area contributed by atoms with Crippen LogP contribution in [0.25, 0.3) is 77.2 Å². The van der Waals surface area contributed by atoms with Gasteiger partial charge in [0.2, 0.25) is 5.71 Å². The molecule has 0 unspecified atom stereocenters. The molecule has 4 heterocycles. The van der Waals surface area contributed by atoms with Gasteiger partial charge in [-0.15, -0.1) is 0 Å². The fourth-order valence-corrected chi connectivity index (χ4v) is 6.32. The molecule has 9 rings (SSSR count). The molecule has 0 aliphatic carbocycles. The van der Waals surface area contributed by atoms with Gasteiger partial charge in [0.25, 0.3) is 0 Å². The third-order valence-corrected chi connectivity index (χ3v) is 7.94. The molecule has 182 valence electrons. The first-order valence-electron chi connectivity index (χ1n) is 13.2. The van der Waals surface area contributed by atoms with Gasteiger partial charge in [0.05, 0.1) is 22.1 Å². The zero-order chi connectivity index (χ0) is 25.5. The number of para-hydroxylation sites is 4. The lowest BCUT2D eigenvalue weighted by atomic mass is 10.1. The lowest BCUT2D eigenvalue weighted by Crippen LogP contribution is -1.97. The first-order valence-corrected chi connectivity index (χ1v) is 13.2. The third-order valence-electron chi connectivity index (χ3n) is 7.94. The minimum Gasteiger partial charge on any atom is -0.438 e. The second-order valence-corrected chi connectivity index (χ2v) is 10.0. The summed E-state index contributed by atoms with van der Waals surface area (Å²) >= 11 is 0. The molecule has 0 N–H and O–H groups in total. The Morgan fingerprint density at radius 2 is 1.13 bits per heavy atom. The van der Waals surface area contributed by atoms with Crippen LogP contribution < -0.4 is 0 Å². The van der Waals surface area contributed by atoms with Gasteiger partial charge < -0.3 is 8.98 Å². The van der Waals surface area contributed by atoms with Gasteiger partial charge in [0, 0.05) is 38.0 Å². The summed E-state index contributed by atoms with van der Waals surface area (Å²) in [5.41, 5.74) is 7.30. The van der Waals surface area contributed by atoms with Crippen LogP contribution in [0.4, 0.5) is 0 Å². The summed E-state index contributed by atoms with van der Waals surface area (Å²) in [6, 6.07) is 44.8. The van der Waals surface area contributed by atoms with Crippen molar-refractivity contribution in [3.8, 4) is 11.5 Å². The van der Waals surface area contributed by atoms with Crippen molar-refractivity contribution in [1.29, 1.82) is 0 Å². The van der Waals surface area contributed by atoms with Crippen LogP contribution in [0.5, 0.6) is 0 Å². The van der Waals surface area contributed by atoms with Crippen molar-refractivity contribution >= 4 is 65.7 Å². The predicted octanol–water partition coefficient (Wildman–Crippen LogP) is 9.18. The fraction of sp³-hybridized carbons (Fsp3) is 0. The quantitative estimate of drug-likeness (QED) is 0.238. The molecule has 5 aromatic carbocycles. The van der Waals surface area contributed by atoms with Crippen molar-refractivity contribution in [3.05, 3.63) is 127 Å². The number of nitrogens with zero attached hydrogens (tertiary/aromatic N) is 3. The minimum absolute atomic E-state index is 0.652. The van der Waals surface area contributed by atoms with Gasteiger partial charge in [-0.3, -0.25) is 4.57 Å². The summed E-state index contributed by atoms with van der Waals surface area (Å²) in [5.74, 6) is 0.842. The summed E-state index contributed by atoms with van der Waals surface area (Å²) in [5, 5.41) is 7.02. The Hall–Kier alpha value is -5.35. The monoisotopic (exact) mass is 499 g/mol. The number of aromatic nitrogens is 3. The molecule has 0 bridgehead atoms. The minimum atomic E-state index is 0.652. The Kier molecular flexibility index (Phi) is 4.02. The first kappa shape index (κ1) is 20.7. The predicted molar refractivity (Wildman–Crippen MR) is 160 cm³/mol. The molecule has 0 spiro atoms. The fourth-order valence-electron chi connectivity index (χ4n) is 6.32. The van der Waals surface area contributed by atoms with Crippen LogP contribution in [0.15, 0.2) is 132 Å². The van der Waals surface area contributed by atoms with Crippen LogP contribution in [-0.2, 0) is 0 Å². The van der Waals surface area contributed by atoms with Crippen molar-refractivity contribution < 1.29 is 4.42 Å². The Balaban J connectivity index is 1.45. The molecular formula is C35H21N3O. The van der Waals surface area contributed by atoms with Gasteiger partial charge in [0.1, 0.15) is 11.4 Å². The second kappa shape index (κ2) is 7.59. The van der Waals surface area contributed by atoms with Gasteiger partial charge >= 0.3 is 0 Å². The molecule has 39 heavy (non-hydrogen) atoms. The summed E-state index contributed by atoms with van der Waals surface area (Å²) in [6.45, 7) is 0. The lowest BCUT2D eigenvalue weighted by Gasteiger charge is -2.09. The van der Waals surface area contributed by atoms with Crippen LogP contribution >= 0.6 is 0 Å². The van der Waals surface area contributed by atoms with E-state index in [1.54, 1.807) is 0 Å². The molecule has 4 nitrogen and oxygen atoms in total. The molecule has 0 fully saturated rings. The lowest BCUT2D eigenvalue weighted by molar-refractivity contribution is 0.653. The highest BCUT2D eigenvalue weighted by molar-refractivity contribution is 6.26. The van der Waals surface area contributed by atoms with Gasteiger partial charge in [-0.05, 0) is 48.5 Å². The van der Waals surface area contributed by atoms with E-state index in [1.807, 2.05) is 18.2 Å². The van der Waals surface area contributed by atoms with E-state index in [1.165, 1.54) is 32.6 Å². The van der Waals surface area contributed by atoms with E-state index in [0.29, 0.717) is 5.71 Å². The van der Waals surface area contributed by atoms with E-state index >= 15 is 0 Å². The number of furan rings is 1. The molecule has 0 atom stereocenters. The zero-order valence-corrected chi connectivity index (χ0v) is 20.9. The van der Waals surface area contributed by atoms with Crippen molar-refractivity contribution in [2.24, 2.45) is 0 Å². The van der Waals surface area contributed by atoms with E-state index in [0.717, 1.165) is 38.9 Å². The smallest absolute Gasteiger partial charge is 0.229 e. The number of hydrogen-bond acceptors (Lipinski definition) is 2. The number of rotatable bonds is 2. The van der Waals surface area contributed by atoms with E-state index in [9.17, 15) is 0 Å². The molecule has 4 heteroatoms. The molecule has 0 saturated heterocycles. The van der Waals surface area contributed by atoms with E-state index in [2.05, 4.69) is 118 Å². The van der Waals surface area contributed by atoms with E-state index < -0.39 is 0 Å². The van der Waals surface area contributed by atoms with Crippen molar-refractivity contribution in [3.63, 3.8) is 0 Å². The molecule has 0 saturated carbocycles.